The molecule has 3 aromatic carbocycles. The molecule has 1 aliphatic heterocycles. The summed E-state index contributed by atoms with van der Waals surface area (Å²) in [5, 5.41) is 0.447. The molecule has 6 nitrogen and oxygen atoms in total. The number of hydrogen-bond donors (Lipinski definition) is 0. The van der Waals surface area contributed by atoms with Crippen molar-refractivity contribution in [2.45, 2.75) is 26.5 Å². The molecule has 0 spiro atoms. The second-order valence-corrected chi connectivity index (χ2v) is 10.1. The Balaban J connectivity index is 1.62. The van der Waals surface area contributed by atoms with Gasteiger partial charge in [0.05, 0.1) is 22.4 Å². The molecular formula is C30H25ClN2O4S. The number of halogens is 1. The Kier molecular flexibility index (Phi) is 7.58. The van der Waals surface area contributed by atoms with E-state index in [1.165, 1.54) is 15.9 Å². The highest BCUT2D eigenvalue weighted by molar-refractivity contribution is 7.07. The van der Waals surface area contributed by atoms with Gasteiger partial charge in [-0.1, -0.05) is 89.7 Å². The normalized spacial score (nSPS) is 15.1. The predicted octanol–water partition coefficient (Wildman–Crippen LogP) is 5.03. The van der Waals surface area contributed by atoms with Gasteiger partial charge in [0.25, 0.3) is 5.56 Å². The van der Waals surface area contributed by atoms with Gasteiger partial charge in [-0.15, -0.1) is 0 Å². The van der Waals surface area contributed by atoms with E-state index in [2.05, 4.69) is 4.99 Å². The van der Waals surface area contributed by atoms with Crippen molar-refractivity contribution in [3.8, 4) is 5.75 Å². The summed E-state index contributed by atoms with van der Waals surface area (Å²) in [4.78, 5) is 32.0. The second kappa shape index (κ2) is 11.2. The SMILES string of the molecule is CCOC(=O)C1=C(C)N=c2s/c(=C\c3ccccc3OCc3ccccc3)c(=O)n2C1c1ccccc1Cl. The van der Waals surface area contributed by atoms with Crippen molar-refractivity contribution in [3.05, 3.63) is 132 Å². The van der Waals surface area contributed by atoms with Crippen LogP contribution in [0.5, 0.6) is 5.75 Å². The number of aromatic nitrogens is 1. The van der Waals surface area contributed by atoms with E-state index >= 15 is 0 Å². The van der Waals surface area contributed by atoms with Gasteiger partial charge < -0.3 is 9.47 Å². The Morgan fingerprint density at radius 2 is 1.76 bits per heavy atom. The minimum Gasteiger partial charge on any atom is -0.488 e. The lowest BCUT2D eigenvalue weighted by atomic mass is 9.96. The average molecular weight is 545 g/mol. The zero-order chi connectivity index (χ0) is 26.6. The number of allylic oxidation sites excluding steroid dienone is 1. The van der Waals surface area contributed by atoms with Crippen molar-refractivity contribution in [3.63, 3.8) is 0 Å². The van der Waals surface area contributed by atoms with Gasteiger partial charge in [-0.3, -0.25) is 9.36 Å². The van der Waals surface area contributed by atoms with Crippen LogP contribution in [0.25, 0.3) is 6.08 Å². The lowest BCUT2D eigenvalue weighted by Gasteiger charge is -2.25. The Morgan fingerprint density at radius 1 is 1.05 bits per heavy atom. The molecular weight excluding hydrogens is 520 g/mol. The van der Waals surface area contributed by atoms with Crippen LogP contribution in [-0.2, 0) is 16.1 Å². The molecule has 5 rings (SSSR count). The minimum atomic E-state index is -0.759. The van der Waals surface area contributed by atoms with E-state index in [-0.39, 0.29) is 12.2 Å². The molecule has 192 valence electrons. The molecule has 0 amide bonds. The third-order valence-corrected chi connectivity index (χ3v) is 7.49. The Morgan fingerprint density at radius 3 is 2.53 bits per heavy atom. The van der Waals surface area contributed by atoms with Gasteiger partial charge in [0.2, 0.25) is 0 Å². The van der Waals surface area contributed by atoms with E-state index in [4.69, 9.17) is 21.1 Å². The standard InChI is InChI=1S/C30H25ClN2O4S/c1-3-36-29(35)26-19(2)32-30-33(27(26)22-14-8-9-15-23(22)31)28(34)25(38-30)17-21-13-7-10-16-24(21)37-18-20-11-5-4-6-12-20/h4-17,27H,3,18H2,1-2H3/b25-17-. The van der Waals surface area contributed by atoms with Crippen molar-refractivity contribution >= 4 is 35.0 Å². The summed E-state index contributed by atoms with van der Waals surface area (Å²) in [5.41, 5.74) is 2.96. The smallest absolute Gasteiger partial charge is 0.338 e. The van der Waals surface area contributed by atoms with Gasteiger partial charge >= 0.3 is 5.97 Å². The number of para-hydroxylation sites is 1. The third kappa shape index (κ3) is 5.08. The molecule has 0 fully saturated rings. The molecule has 38 heavy (non-hydrogen) atoms. The molecule has 0 bridgehead atoms. The van der Waals surface area contributed by atoms with Gasteiger partial charge in [-0.05, 0) is 43.2 Å². The van der Waals surface area contributed by atoms with E-state index in [1.54, 1.807) is 26.0 Å². The van der Waals surface area contributed by atoms with E-state index < -0.39 is 12.0 Å². The molecule has 0 saturated carbocycles. The first-order chi connectivity index (χ1) is 18.5. The van der Waals surface area contributed by atoms with Crippen LogP contribution in [0.3, 0.4) is 0 Å². The summed E-state index contributed by atoms with van der Waals surface area (Å²) < 4.78 is 13.4. The summed E-state index contributed by atoms with van der Waals surface area (Å²) in [7, 11) is 0. The highest BCUT2D eigenvalue weighted by atomic mass is 35.5. The van der Waals surface area contributed by atoms with Gasteiger partial charge in [-0.25, -0.2) is 9.79 Å². The number of hydrogen-bond acceptors (Lipinski definition) is 6. The van der Waals surface area contributed by atoms with Crippen LogP contribution in [-0.4, -0.2) is 17.1 Å². The lowest BCUT2D eigenvalue weighted by molar-refractivity contribution is -0.139. The summed E-state index contributed by atoms with van der Waals surface area (Å²) in [5.74, 6) is 0.140. The number of carbonyl (C=O) groups excluding carboxylic acids is 1. The quantitative estimate of drug-likeness (QED) is 0.306. The van der Waals surface area contributed by atoms with E-state index in [0.29, 0.717) is 43.5 Å². The van der Waals surface area contributed by atoms with E-state index in [0.717, 1.165) is 11.1 Å². The number of ether oxygens (including phenoxy) is 2. The molecule has 1 atom stereocenters. The van der Waals surface area contributed by atoms with Crippen LogP contribution in [0.4, 0.5) is 0 Å². The van der Waals surface area contributed by atoms with Crippen molar-refractivity contribution in [1.82, 2.24) is 4.57 Å². The van der Waals surface area contributed by atoms with Crippen LogP contribution >= 0.6 is 22.9 Å². The largest absolute Gasteiger partial charge is 0.488 e. The van der Waals surface area contributed by atoms with Gasteiger partial charge in [0, 0.05) is 10.6 Å². The molecule has 0 radical (unpaired) electrons. The Labute approximate surface area is 228 Å². The molecule has 1 aromatic heterocycles. The maximum absolute atomic E-state index is 13.9. The van der Waals surface area contributed by atoms with Crippen molar-refractivity contribution in [1.29, 1.82) is 0 Å². The Hall–Kier alpha value is -3.94. The third-order valence-electron chi connectivity index (χ3n) is 6.16. The van der Waals surface area contributed by atoms with Crippen molar-refractivity contribution in [2.75, 3.05) is 6.61 Å². The number of fused-ring (bicyclic) bond motifs is 1. The lowest BCUT2D eigenvalue weighted by Crippen LogP contribution is -2.40. The molecule has 8 heteroatoms. The molecule has 0 saturated heterocycles. The van der Waals surface area contributed by atoms with Gasteiger partial charge in [0.1, 0.15) is 18.4 Å². The van der Waals surface area contributed by atoms with Gasteiger partial charge in [0.15, 0.2) is 4.80 Å². The number of nitrogens with zero attached hydrogens (tertiary/aromatic N) is 2. The van der Waals surface area contributed by atoms with Crippen molar-refractivity contribution in [2.24, 2.45) is 4.99 Å². The highest BCUT2D eigenvalue weighted by Gasteiger charge is 2.34. The fourth-order valence-corrected chi connectivity index (χ4v) is 5.67. The minimum absolute atomic E-state index is 0.203. The van der Waals surface area contributed by atoms with Crippen LogP contribution in [0.1, 0.15) is 36.6 Å². The number of esters is 1. The maximum atomic E-state index is 13.9. The monoisotopic (exact) mass is 544 g/mol. The zero-order valence-electron chi connectivity index (χ0n) is 20.9. The number of thiazole rings is 1. The first-order valence-corrected chi connectivity index (χ1v) is 13.4. The second-order valence-electron chi connectivity index (χ2n) is 8.64. The van der Waals surface area contributed by atoms with Gasteiger partial charge in [-0.2, -0.15) is 0 Å². The van der Waals surface area contributed by atoms with E-state index in [1.807, 2.05) is 72.8 Å². The van der Waals surface area contributed by atoms with Crippen LogP contribution in [0.15, 0.2) is 99.9 Å². The summed E-state index contributed by atoms with van der Waals surface area (Å²) >= 11 is 7.83. The van der Waals surface area contributed by atoms with Crippen molar-refractivity contribution < 1.29 is 14.3 Å². The van der Waals surface area contributed by atoms with Crippen LogP contribution < -0.4 is 19.6 Å². The summed E-state index contributed by atoms with van der Waals surface area (Å²) in [6, 6.07) is 23.9. The fourth-order valence-electron chi connectivity index (χ4n) is 4.39. The van der Waals surface area contributed by atoms with E-state index in [9.17, 15) is 9.59 Å². The first-order valence-electron chi connectivity index (χ1n) is 12.2. The van der Waals surface area contributed by atoms with Crippen LogP contribution in [0, 0.1) is 0 Å². The summed E-state index contributed by atoms with van der Waals surface area (Å²) in [6.07, 6.45) is 1.80. The summed E-state index contributed by atoms with van der Waals surface area (Å²) in [6.45, 7) is 4.10. The average Bonchev–Trinajstić information content (AvgIpc) is 3.22. The number of benzene rings is 3. The molecule has 4 aromatic rings. The molecule has 0 aliphatic carbocycles. The molecule has 1 unspecified atom stereocenters. The highest BCUT2D eigenvalue weighted by Crippen LogP contribution is 2.34. The molecule has 0 N–H and O–H groups in total. The fraction of sp³-hybridized carbons (Fsp3) is 0.167. The topological polar surface area (TPSA) is 69.9 Å². The number of rotatable bonds is 7. The Bertz CT molecular complexity index is 1710. The molecule has 1 aliphatic rings. The molecule has 2 heterocycles. The predicted molar refractivity (Wildman–Crippen MR) is 149 cm³/mol. The zero-order valence-corrected chi connectivity index (χ0v) is 22.5. The maximum Gasteiger partial charge on any atom is 0.338 e. The number of carbonyl (C=O) groups is 1. The first kappa shape index (κ1) is 25.7. The van der Waals surface area contributed by atoms with Crippen LogP contribution in [0.2, 0.25) is 5.02 Å².